The Kier molecular flexibility index (Phi) is 4.49. The van der Waals surface area contributed by atoms with Gasteiger partial charge < -0.3 is 19.0 Å². The second kappa shape index (κ2) is 5.82. The van der Waals surface area contributed by atoms with Crippen molar-refractivity contribution in [3.05, 3.63) is 0 Å². The Morgan fingerprint density at radius 2 is 2.00 bits per heavy atom. The molecule has 2 fully saturated rings. The van der Waals surface area contributed by atoms with Crippen molar-refractivity contribution >= 4 is 12.3 Å². The summed E-state index contributed by atoms with van der Waals surface area (Å²) >= 11 is 0. The molecule has 0 radical (unpaired) electrons. The molecule has 1 heterocycles. The third kappa shape index (κ3) is 3.04. The average molecular weight is 284 g/mol. The van der Waals surface area contributed by atoms with Crippen LogP contribution in [0, 0.1) is 17.3 Å². The zero-order chi connectivity index (χ0) is 14.8. The second-order valence-electron chi connectivity index (χ2n) is 6.64. The van der Waals surface area contributed by atoms with Gasteiger partial charge >= 0.3 is 5.97 Å². The van der Waals surface area contributed by atoms with Crippen LogP contribution in [0.25, 0.3) is 0 Å². The molecule has 1 saturated carbocycles. The van der Waals surface area contributed by atoms with Crippen LogP contribution in [0.1, 0.15) is 39.5 Å². The van der Waals surface area contributed by atoms with E-state index in [-0.39, 0.29) is 23.2 Å². The fourth-order valence-electron chi connectivity index (χ4n) is 3.23. The molecule has 0 unspecified atom stereocenters. The molecule has 114 valence electrons. The van der Waals surface area contributed by atoms with E-state index in [1.165, 1.54) is 7.11 Å². The van der Waals surface area contributed by atoms with Gasteiger partial charge in [0.1, 0.15) is 6.29 Å². The molecule has 2 aliphatic rings. The average Bonchev–Trinajstić information content (AvgIpc) is 2.73. The first-order valence-corrected chi connectivity index (χ1v) is 7.21. The number of hydrogen-bond donors (Lipinski definition) is 0. The molecule has 20 heavy (non-hydrogen) atoms. The minimum absolute atomic E-state index is 0.00256. The molecule has 5 heteroatoms. The van der Waals surface area contributed by atoms with Crippen LogP contribution in [-0.2, 0) is 23.8 Å². The van der Waals surface area contributed by atoms with Gasteiger partial charge in [-0.05, 0) is 12.3 Å². The summed E-state index contributed by atoms with van der Waals surface area (Å²) < 4.78 is 16.8. The maximum Gasteiger partial charge on any atom is 0.305 e. The van der Waals surface area contributed by atoms with Crippen LogP contribution >= 0.6 is 0 Å². The Bertz CT molecular complexity index is 366. The molecule has 0 bridgehead atoms. The fourth-order valence-corrected chi connectivity index (χ4v) is 3.23. The number of carbonyl (C=O) groups excluding carboxylic acids is 2. The summed E-state index contributed by atoms with van der Waals surface area (Å²) in [7, 11) is 1.39. The van der Waals surface area contributed by atoms with E-state index >= 15 is 0 Å². The third-order valence-corrected chi connectivity index (χ3v) is 4.42. The van der Waals surface area contributed by atoms with Crippen molar-refractivity contribution < 1.29 is 23.8 Å². The Balaban J connectivity index is 2.09. The largest absolute Gasteiger partial charge is 0.469 e. The van der Waals surface area contributed by atoms with Crippen molar-refractivity contribution in [2.75, 3.05) is 20.3 Å². The van der Waals surface area contributed by atoms with Crippen LogP contribution in [0.4, 0.5) is 0 Å². The second-order valence-corrected chi connectivity index (χ2v) is 6.64. The van der Waals surface area contributed by atoms with Crippen molar-refractivity contribution in [3.8, 4) is 0 Å². The highest BCUT2D eigenvalue weighted by atomic mass is 16.7. The Morgan fingerprint density at radius 1 is 1.35 bits per heavy atom. The molecule has 2 rings (SSSR count). The van der Waals surface area contributed by atoms with E-state index in [1.54, 1.807) is 0 Å². The maximum atomic E-state index is 11.5. The highest BCUT2D eigenvalue weighted by Crippen LogP contribution is 2.49. The van der Waals surface area contributed by atoms with Crippen molar-refractivity contribution in [2.24, 2.45) is 17.3 Å². The molecule has 2 atom stereocenters. The van der Waals surface area contributed by atoms with E-state index in [0.717, 1.165) is 19.1 Å². The molecular formula is C15H24O5. The van der Waals surface area contributed by atoms with E-state index in [1.807, 2.05) is 0 Å². The highest BCUT2D eigenvalue weighted by Gasteiger charge is 2.53. The molecule has 0 aromatic rings. The van der Waals surface area contributed by atoms with Gasteiger partial charge in [0.2, 0.25) is 0 Å². The van der Waals surface area contributed by atoms with Gasteiger partial charge in [-0.25, -0.2) is 0 Å². The van der Waals surface area contributed by atoms with Gasteiger partial charge in [0, 0.05) is 30.6 Å². The molecule has 1 aliphatic heterocycles. The predicted octanol–water partition coefficient (Wildman–Crippen LogP) is 1.93. The van der Waals surface area contributed by atoms with Crippen LogP contribution < -0.4 is 0 Å². The number of aldehydes is 1. The quantitative estimate of drug-likeness (QED) is 0.583. The summed E-state index contributed by atoms with van der Waals surface area (Å²) in [6, 6.07) is 0. The number of methoxy groups -OCH3 is 1. The number of ether oxygens (including phenoxy) is 3. The Labute approximate surface area is 120 Å². The number of esters is 1. The summed E-state index contributed by atoms with van der Waals surface area (Å²) in [5.74, 6) is -0.891. The lowest BCUT2D eigenvalue weighted by molar-refractivity contribution is -0.316. The van der Waals surface area contributed by atoms with E-state index in [4.69, 9.17) is 14.2 Å². The topological polar surface area (TPSA) is 61.8 Å². The van der Waals surface area contributed by atoms with Gasteiger partial charge in [-0.3, -0.25) is 4.79 Å². The Morgan fingerprint density at radius 3 is 2.55 bits per heavy atom. The molecular weight excluding hydrogens is 260 g/mol. The molecule has 1 aliphatic carbocycles. The van der Waals surface area contributed by atoms with Gasteiger partial charge in [-0.15, -0.1) is 0 Å². The lowest BCUT2D eigenvalue weighted by Crippen LogP contribution is -2.50. The SMILES string of the molecule is COC(=O)C[C@H]1CCC2(OCC(C)(C)CO2)[C@@H]1CC=O. The molecule has 0 amide bonds. The van der Waals surface area contributed by atoms with Crippen molar-refractivity contribution in [1.82, 2.24) is 0 Å². The minimum Gasteiger partial charge on any atom is -0.469 e. The van der Waals surface area contributed by atoms with E-state index in [0.29, 0.717) is 26.1 Å². The molecule has 0 N–H and O–H groups in total. The molecule has 5 nitrogen and oxygen atoms in total. The van der Waals surface area contributed by atoms with Crippen LogP contribution in [-0.4, -0.2) is 38.4 Å². The third-order valence-electron chi connectivity index (χ3n) is 4.42. The maximum absolute atomic E-state index is 11.5. The first-order valence-electron chi connectivity index (χ1n) is 7.21. The highest BCUT2D eigenvalue weighted by molar-refractivity contribution is 5.69. The summed E-state index contributed by atoms with van der Waals surface area (Å²) in [5, 5.41) is 0. The summed E-state index contributed by atoms with van der Waals surface area (Å²) in [4.78, 5) is 22.5. The van der Waals surface area contributed by atoms with Gasteiger partial charge in [-0.1, -0.05) is 13.8 Å². The number of rotatable bonds is 4. The first-order chi connectivity index (χ1) is 9.42. The van der Waals surface area contributed by atoms with Gasteiger partial charge in [0.15, 0.2) is 5.79 Å². The lowest BCUT2D eigenvalue weighted by Gasteiger charge is -2.45. The molecule has 0 aromatic carbocycles. The van der Waals surface area contributed by atoms with E-state index < -0.39 is 5.79 Å². The first kappa shape index (κ1) is 15.4. The molecule has 1 spiro atoms. The summed E-state index contributed by atoms with van der Waals surface area (Å²) in [5.41, 5.74) is -0.00256. The van der Waals surface area contributed by atoms with Crippen molar-refractivity contribution in [1.29, 1.82) is 0 Å². The lowest BCUT2D eigenvalue weighted by atomic mass is 9.86. The van der Waals surface area contributed by atoms with E-state index in [2.05, 4.69) is 13.8 Å². The van der Waals surface area contributed by atoms with Gasteiger partial charge in [-0.2, -0.15) is 0 Å². The van der Waals surface area contributed by atoms with Crippen LogP contribution in [0.15, 0.2) is 0 Å². The van der Waals surface area contributed by atoms with Crippen molar-refractivity contribution in [2.45, 2.75) is 45.3 Å². The van der Waals surface area contributed by atoms with Crippen LogP contribution in [0.2, 0.25) is 0 Å². The van der Waals surface area contributed by atoms with Gasteiger partial charge in [0.25, 0.3) is 0 Å². The zero-order valence-corrected chi connectivity index (χ0v) is 12.5. The normalized spacial score (nSPS) is 31.1. The standard InChI is InChI=1S/C15H24O5/c1-14(2)9-19-15(20-10-14)6-4-11(8-13(17)18-3)12(15)5-7-16/h7,11-12H,4-6,8-10H2,1-3H3/t11-,12-/m1/s1. The molecule has 1 saturated heterocycles. The summed E-state index contributed by atoms with van der Waals surface area (Å²) in [6.45, 7) is 5.42. The number of carbonyl (C=O) groups is 2. The predicted molar refractivity (Wildman–Crippen MR) is 71.9 cm³/mol. The smallest absolute Gasteiger partial charge is 0.305 e. The monoisotopic (exact) mass is 284 g/mol. The Hall–Kier alpha value is -0.940. The van der Waals surface area contributed by atoms with Crippen LogP contribution in [0.5, 0.6) is 0 Å². The van der Waals surface area contributed by atoms with E-state index in [9.17, 15) is 9.59 Å². The minimum atomic E-state index is -0.685. The van der Waals surface area contributed by atoms with Crippen molar-refractivity contribution in [3.63, 3.8) is 0 Å². The fraction of sp³-hybridized carbons (Fsp3) is 0.867. The van der Waals surface area contributed by atoms with Gasteiger partial charge in [0.05, 0.1) is 20.3 Å². The summed E-state index contributed by atoms with van der Waals surface area (Å²) in [6.07, 6.45) is 3.15. The number of hydrogen-bond acceptors (Lipinski definition) is 5. The molecule has 0 aromatic heterocycles. The van der Waals surface area contributed by atoms with Crippen LogP contribution in [0.3, 0.4) is 0 Å². The zero-order valence-electron chi connectivity index (χ0n) is 12.5.